The predicted molar refractivity (Wildman–Crippen MR) is 78.5 cm³/mol. The van der Waals surface area contributed by atoms with Gasteiger partial charge in [-0.2, -0.15) is 0 Å². The Balaban J connectivity index is 1.84. The molecule has 0 N–H and O–H groups in total. The third kappa shape index (κ3) is 4.52. The molecule has 0 bridgehead atoms. The van der Waals surface area contributed by atoms with Crippen molar-refractivity contribution in [2.75, 3.05) is 26.2 Å². The van der Waals surface area contributed by atoms with Gasteiger partial charge in [0.2, 0.25) is 6.04 Å². The lowest BCUT2D eigenvalue weighted by Gasteiger charge is -2.31. The maximum atomic E-state index is 11.5. The number of nitrogens with zero attached hydrogens (tertiary/aromatic N) is 2. The van der Waals surface area contributed by atoms with E-state index in [0.717, 1.165) is 32.4 Å². The molecule has 1 aliphatic heterocycles. The first kappa shape index (κ1) is 15.9. The Bertz CT molecular complexity index is 422. The van der Waals surface area contributed by atoms with Gasteiger partial charge in [0.1, 0.15) is 0 Å². The zero-order valence-electron chi connectivity index (χ0n) is 12.6. The third-order valence-electron chi connectivity index (χ3n) is 4.46. The summed E-state index contributed by atoms with van der Waals surface area (Å²) in [4.78, 5) is 24.3. The van der Waals surface area contributed by atoms with E-state index in [0.29, 0.717) is 31.9 Å². The fraction of sp³-hybridized carbons (Fsp3) is 0.800. The molecule has 6 heteroatoms. The van der Waals surface area contributed by atoms with Gasteiger partial charge in [-0.25, -0.2) is 0 Å². The van der Waals surface area contributed by atoms with Gasteiger partial charge in [0.25, 0.3) is 0 Å². The lowest BCUT2D eigenvalue weighted by molar-refractivity contribution is -0.527. The number of carbonyl (C=O) groups excluding carboxylic acids is 1. The molecule has 0 spiro atoms. The molecule has 2 aliphatic rings. The van der Waals surface area contributed by atoms with Crippen LogP contribution >= 0.6 is 0 Å². The molecular formula is C15H24N2O4. The molecule has 0 amide bonds. The van der Waals surface area contributed by atoms with Crippen LogP contribution in [0.15, 0.2) is 11.6 Å². The molecule has 1 saturated carbocycles. The first-order valence-electron chi connectivity index (χ1n) is 7.80. The fourth-order valence-electron chi connectivity index (χ4n) is 3.32. The van der Waals surface area contributed by atoms with Crippen molar-refractivity contribution in [3.05, 3.63) is 21.8 Å². The number of esters is 1. The van der Waals surface area contributed by atoms with Crippen LogP contribution in [-0.2, 0) is 9.53 Å². The molecule has 2 unspecified atom stereocenters. The molecule has 0 aromatic rings. The number of rotatable bonds is 5. The van der Waals surface area contributed by atoms with Gasteiger partial charge in [0, 0.05) is 30.9 Å². The molecule has 0 saturated heterocycles. The van der Waals surface area contributed by atoms with E-state index in [9.17, 15) is 14.9 Å². The van der Waals surface area contributed by atoms with Crippen molar-refractivity contribution in [1.82, 2.24) is 4.90 Å². The molecule has 0 radical (unpaired) electrons. The minimum atomic E-state index is -0.373. The molecule has 21 heavy (non-hydrogen) atoms. The number of nitro groups is 1. The van der Waals surface area contributed by atoms with Crippen LogP contribution in [0, 0.1) is 16.0 Å². The van der Waals surface area contributed by atoms with Gasteiger partial charge in [0.15, 0.2) is 0 Å². The summed E-state index contributed by atoms with van der Waals surface area (Å²) < 4.78 is 4.95. The Labute approximate surface area is 125 Å². The van der Waals surface area contributed by atoms with Crippen molar-refractivity contribution in [1.29, 1.82) is 0 Å². The average molecular weight is 296 g/mol. The summed E-state index contributed by atoms with van der Waals surface area (Å²) in [6, 6.07) is -0.373. The van der Waals surface area contributed by atoms with E-state index in [1.807, 2.05) is 0 Å². The summed E-state index contributed by atoms with van der Waals surface area (Å²) in [5.74, 6) is 0.180. The summed E-state index contributed by atoms with van der Waals surface area (Å²) in [5.41, 5.74) is 1.35. The average Bonchev–Trinajstić information content (AvgIpc) is 2.48. The second-order valence-electron chi connectivity index (χ2n) is 5.87. The highest BCUT2D eigenvalue weighted by Gasteiger charge is 2.32. The van der Waals surface area contributed by atoms with Crippen LogP contribution in [0.1, 0.15) is 39.0 Å². The standard InChI is InChI=1S/C15H24N2O4/c1-2-21-15(18)11-16-8-6-12(7-9-16)13-4-3-5-14(10-13)17(19)20/h6,13-14H,2-5,7-11H2,1H3. The van der Waals surface area contributed by atoms with Crippen LogP contribution in [0.5, 0.6) is 0 Å². The number of ether oxygens (including phenoxy) is 1. The molecule has 1 fully saturated rings. The molecule has 0 aromatic carbocycles. The Morgan fingerprint density at radius 2 is 2.33 bits per heavy atom. The van der Waals surface area contributed by atoms with Gasteiger partial charge < -0.3 is 4.74 Å². The van der Waals surface area contributed by atoms with Gasteiger partial charge in [-0.3, -0.25) is 19.8 Å². The number of hydrogen-bond acceptors (Lipinski definition) is 5. The Morgan fingerprint density at radius 3 is 2.95 bits per heavy atom. The third-order valence-corrected chi connectivity index (χ3v) is 4.46. The summed E-state index contributed by atoms with van der Waals surface area (Å²) >= 11 is 0. The van der Waals surface area contributed by atoms with Crippen molar-refractivity contribution in [3.63, 3.8) is 0 Å². The van der Waals surface area contributed by atoms with Crippen LogP contribution in [0.3, 0.4) is 0 Å². The number of hydrogen-bond donors (Lipinski definition) is 0. The summed E-state index contributed by atoms with van der Waals surface area (Å²) in [6.07, 6.45) is 6.47. The Hall–Kier alpha value is -1.43. The zero-order chi connectivity index (χ0) is 15.2. The molecule has 1 heterocycles. The Kier molecular flexibility index (Phi) is 5.73. The van der Waals surface area contributed by atoms with E-state index in [4.69, 9.17) is 4.74 Å². The maximum Gasteiger partial charge on any atom is 0.320 e. The largest absolute Gasteiger partial charge is 0.465 e. The van der Waals surface area contributed by atoms with Gasteiger partial charge in [-0.15, -0.1) is 0 Å². The quantitative estimate of drug-likeness (QED) is 0.336. The van der Waals surface area contributed by atoms with E-state index >= 15 is 0 Å². The lowest BCUT2D eigenvalue weighted by atomic mass is 9.79. The summed E-state index contributed by atoms with van der Waals surface area (Å²) in [7, 11) is 0. The Morgan fingerprint density at radius 1 is 1.52 bits per heavy atom. The second kappa shape index (κ2) is 7.54. The highest BCUT2D eigenvalue weighted by Crippen LogP contribution is 2.33. The topological polar surface area (TPSA) is 72.7 Å². The van der Waals surface area contributed by atoms with Crippen molar-refractivity contribution >= 4 is 5.97 Å². The first-order valence-corrected chi connectivity index (χ1v) is 7.80. The summed E-state index contributed by atoms with van der Waals surface area (Å²) in [6.45, 7) is 4.14. The molecule has 2 rings (SSSR count). The highest BCUT2D eigenvalue weighted by molar-refractivity contribution is 5.71. The smallest absolute Gasteiger partial charge is 0.320 e. The minimum absolute atomic E-state index is 0.122. The van der Waals surface area contributed by atoms with Gasteiger partial charge >= 0.3 is 5.97 Å². The minimum Gasteiger partial charge on any atom is -0.465 e. The van der Waals surface area contributed by atoms with E-state index in [1.165, 1.54) is 5.57 Å². The molecular weight excluding hydrogens is 272 g/mol. The molecule has 1 aliphatic carbocycles. The molecule has 0 aromatic heterocycles. The van der Waals surface area contributed by atoms with Crippen molar-refractivity contribution in [2.45, 2.75) is 45.1 Å². The highest BCUT2D eigenvalue weighted by atomic mass is 16.6. The molecule has 118 valence electrons. The van der Waals surface area contributed by atoms with E-state index < -0.39 is 0 Å². The molecule has 2 atom stereocenters. The van der Waals surface area contributed by atoms with Crippen LogP contribution in [0.2, 0.25) is 0 Å². The lowest BCUT2D eigenvalue weighted by Crippen LogP contribution is -2.36. The van der Waals surface area contributed by atoms with Gasteiger partial charge in [-0.1, -0.05) is 11.6 Å². The SMILES string of the molecule is CCOC(=O)CN1CC=C(C2CCCC([N+](=O)[O-])C2)CC1. The van der Waals surface area contributed by atoms with Crippen LogP contribution in [0.25, 0.3) is 0 Å². The monoisotopic (exact) mass is 296 g/mol. The van der Waals surface area contributed by atoms with Gasteiger partial charge in [0.05, 0.1) is 13.2 Å². The molecule has 6 nitrogen and oxygen atoms in total. The van der Waals surface area contributed by atoms with E-state index in [1.54, 1.807) is 6.92 Å². The number of carbonyl (C=O) groups is 1. The second-order valence-corrected chi connectivity index (χ2v) is 5.87. The first-order chi connectivity index (χ1) is 10.1. The van der Waals surface area contributed by atoms with Crippen molar-refractivity contribution in [3.8, 4) is 0 Å². The van der Waals surface area contributed by atoms with Crippen molar-refractivity contribution in [2.24, 2.45) is 5.92 Å². The zero-order valence-corrected chi connectivity index (χ0v) is 12.6. The van der Waals surface area contributed by atoms with Crippen LogP contribution < -0.4 is 0 Å². The van der Waals surface area contributed by atoms with E-state index in [-0.39, 0.29) is 16.9 Å². The summed E-state index contributed by atoms with van der Waals surface area (Å²) in [5, 5.41) is 10.9. The van der Waals surface area contributed by atoms with Crippen LogP contribution in [0.4, 0.5) is 0 Å². The van der Waals surface area contributed by atoms with Gasteiger partial charge in [-0.05, 0) is 32.1 Å². The van der Waals surface area contributed by atoms with Crippen LogP contribution in [-0.4, -0.2) is 48.1 Å². The maximum absolute atomic E-state index is 11.5. The fourth-order valence-corrected chi connectivity index (χ4v) is 3.32. The van der Waals surface area contributed by atoms with Crippen molar-refractivity contribution < 1.29 is 14.5 Å². The van der Waals surface area contributed by atoms with E-state index in [2.05, 4.69) is 11.0 Å². The normalized spacial score (nSPS) is 27.0. The predicted octanol–water partition coefficient (Wildman–Crippen LogP) is 2.02.